The van der Waals surface area contributed by atoms with Gasteiger partial charge in [-0.3, -0.25) is 9.79 Å². The van der Waals surface area contributed by atoms with Gasteiger partial charge in [0.05, 0.1) is 6.61 Å². The van der Waals surface area contributed by atoms with Crippen molar-refractivity contribution in [2.24, 2.45) is 4.99 Å². The highest BCUT2D eigenvalue weighted by atomic mass is 127. The number of hydrogen-bond acceptors (Lipinski definition) is 4. The third-order valence-electron chi connectivity index (χ3n) is 4.38. The quantitative estimate of drug-likeness (QED) is 0.147. The Hall–Kier alpha value is -0.570. The van der Waals surface area contributed by atoms with Crippen LogP contribution >= 0.6 is 24.0 Å². The van der Waals surface area contributed by atoms with Gasteiger partial charge in [-0.25, -0.2) is 0 Å². The van der Waals surface area contributed by atoms with Gasteiger partial charge in [-0.1, -0.05) is 19.3 Å². The summed E-state index contributed by atoms with van der Waals surface area (Å²) in [5, 5.41) is 6.75. The van der Waals surface area contributed by atoms with Gasteiger partial charge < -0.3 is 20.3 Å². The molecule has 1 saturated heterocycles. The number of carbonyl (C=O) groups is 1. The van der Waals surface area contributed by atoms with E-state index in [2.05, 4.69) is 27.4 Å². The maximum absolute atomic E-state index is 11.2. The Labute approximate surface area is 176 Å². The van der Waals surface area contributed by atoms with Crippen LogP contribution in [0.4, 0.5) is 0 Å². The van der Waals surface area contributed by atoms with E-state index in [1.54, 1.807) is 0 Å². The third kappa shape index (κ3) is 13.6. The number of nitrogens with zero attached hydrogens (tertiary/aromatic N) is 2. The van der Waals surface area contributed by atoms with Gasteiger partial charge in [0.1, 0.15) is 0 Å². The Bertz CT molecular complexity index is 375. The Morgan fingerprint density at radius 1 is 1.04 bits per heavy atom. The summed E-state index contributed by atoms with van der Waals surface area (Å²) >= 11 is 0. The molecule has 7 heteroatoms. The van der Waals surface area contributed by atoms with E-state index in [0.717, 1.165) is 57.8 Å². The van der Waals surface area contributed by atoms with Crippen LogP contribution in [0, 0.1) is 0 Å². The fourth-order valence-corrected chi connectivity index (χ4v) is 3.02. The largest absolute Gasteiger partial charge is 0.466 e. The Morgan fingerprint density at radius 3 is 2.46 bits per heavy atom. The molecule has 2 N–H and O–H groups in total. The number of halogens is 1. The molecule has 0 amide bonds. The monoisotopic (exact) mass is 482 g/mol. The van der Waals surface area contributed by atoms with E-state index in [9.17, 15) is 4.79 Å². The highest BCUT2D eigenvalue weighted by molar-refractivity contribution is 14.0. The lowest BCUT2D eigenvalue weighted by atomic mass is 10.1. The van der Waals surface area contributed by atoms with Crippen LogP contribution in [0.5, 0.6) is 0 Å². The van der Waals surface area contributed by atoms with Crippen molar-refractivity contribution in [3.05, 3.63) is 0 Å². The van der Waals surface area contributed by atoms with Crippen LogP contribution in [-0.4, -0.2) is 62.7 Å². The Balaban J connectivity index is 0.00000625. The van der Waals surface area contributed by atoms with E-state index in [4.69, 9.17) is 4.74 Å². The van der Waals surface area contributed by atoms with E-state index in [1.165, 1.54) is 32.4 Å². The van der Waals surface area contributed by atoms with Crippen LogP contribution in [0.1, 0.15) is 65.2 Å². The molecule has 6 nitrogen and oxygen atoms in total. The van der Waals surface area contributed by atoms with Gasteiger partial charge in [-0.2, -0.15) is 0 Å². The van der Waals surface area contributed by atoms with Gasteiger partial charge in [0, 0.05) is 32.6 Å². The average molecular weight is 482 g/mol. The summed E-state index contributed by atoms with van der Waals surface area (Å²) in [5.74, 6) is 0.846. The summed E-state index contributed by atoms with van der Waals surface area (Å²) in [6, 6.07) is 0. The summed E-state index contributed by atoms with van der Waals surface area (Å²) < 4.78 is 4.93. The number of piperidine rings is 1. The summed E-state index contributed by atoms with van der Waals surface area (Å²) in [4.78, 5) is 18.4. The normalized spacial score (nSPS) is 15.2. The van der Waals surface area contributed by atoms with Crippen LogP contribution in [0.15, 0.2) is 4.99 Å². The smallest absolute Gasteiger partial charge is 0.305 e. The second-order valence-electron chi connectivity index (χ2n) is 6.56. The first-order valence-electron chi connectivity index (χ1n) is 10.2. The van der Waals surface area contributed by atoms with Crippen LogP contribution in [-0.2, 0) is 9.53 Å². The van der Waals surface area contributed by atoms with E-state index in [1.807, 2.05) is 6.92 Å². The summed E-state index contributed by atoms with van der Waals surface area (Å²) in [6.07, 6.45) is 8.74. The number of unbranched alkanes of at least 4 members (excludes halogenated alkanes) is 3. The minimum atomic E-state index is -0.0761. The minimum Gasteiger partial charge on any atom is -0.466 e. The molecule has 0 aromatic heterocycles. The topological polar surface area (TPSA) is 66.0 Å². The highest BCUT2D eigenvalue weighted by Crippen LogP contribution is 2.07. The van der Waals surface area contributed by atoms with Crippen molar-refractivity contribution in [1.82, 2.24) is 15.5 Å². The highest BCUT2D eigenvalue weighted by Gasteiger charge is 2.09. The van der Waals surface area contributed by atoms with Gasteiger partial charge >= 0.3 is 5.97 Å². The van der Waals surface area contributed by atoms with Gasteiger partial charge in [-0.05, 0) is 52.6 Å². The summed E-state index contributed by atoms with van der Waals surface area (Å²) in [6.45, 7) is 10.7. The molecule has 1 heterocycles. The van der Waals surface area contributed by atoms with E-state index >= 15 is 0 Å². The molecule has 0 spiro atoms. The first-order chi connectivity index (χ1) is 12.3. The molecule has 0 bridgehead atoms. The van der Waals surface area contributed by atoms with Gasteiger partial charge in [-0.15, -0.1) is 24.0 Å². The number of ether oxygens (including phenoxy) is 1. The number of nitrogens with one attached hydrogen (secondary N) is 2. The molecule has 26 heavy (non-hydrogen) atoms. The minimum absolute atomic E-state index is 0. The fraction of sp³-hybridized carbons (Fsp3) is 0.895. The predicted octanol–water partition coefficient (Wildman–Crippen LogP) is 3.16. The summed E-state index contributed by atoms with van der Waals surface area (Å²) in [5.41, 5.74) is 0. The van der Waals surface area contributed by atoms with Crippen LogP contribution in [0.25, 0.3) is 0 Å². The fourth-order valence-electron chi connectivity index (χ4n) is 3.02. The first-order valence-corrected chi connectivity index (χ1v) is 10.2. The number of aliphatic imine (C=N–C) groups is 1. The number of carbonyl (C=O) groups excluding carboxylic acids is 1. The van der Waals surface area contributed by atoms with Crippen LogP contribution in [0.3, 0.4) is 0 Å². The van der Waals surface area contributed by atoms with Crippen molar-refractivity contribution in [1.29, 1.82) is 0 Å². The maximum atomic E-state index is 11.2. The van der Waals surface area contributed by atoms with E-state index in [0.29, 0.717) is 13.0 Å². The molecular formula is C19H39IN4O2. The van der Waals surface area contributed by atoms with Gasteiger partial charge in [0.25, 0.3) is 0 Å². The Morgan fingerprint density at radius 2 is 1.77 bits per heavy atom. The zero-order valence-corrected chi connectivity index (χ0v) is 19.1. The lowest BCUT2D eigenvalue weighted by Crippen LogP contribution is -2.42. The molecule has 0 unspecified atom stereocenters. The molecule has 0 aliphatic carbocycles. The zero-order chi connectivity index (χ0) is 18.2. The van der Waals surface area contributed by atoms with E-state index < -0.39 is 0 Å². The molecule has 0 radical (unpaired) electrons. The molecule has 1 fully saturated rings. The molecule has 0 saturated carbocycles. The molecule has 1 aliphatic heterocycles. The van der Waals surface area contributed by atoms with Crippen molar-refractivity contribution in [2.45, 2.75) is 65.2 Å². The van der Waals surface area contributed by atoms with Crippen molar-refractivity contribution in [3.8, 4) is 0 Å². The van der Waals surface area contributed by atoms with Crippen molar-refractivity contribution < 1.29 is 9.53 Å². The number of guanidine groups is 1. The molecule has 0 aromatic rings. The molecular weight excluding hydrogens is 443 g/mol. The van der Waals surface area contributed by atoms with Crippen LogP contribution in [0.2, 0.25) is 0 Å². The van der Waals surface area contributed by atoms with Crippen molar-refractivity contribution >= 4 is 35.9 Å². The number of esters is 1. The average Bonchev–Trinajstić information content (AvgIpc) is 2.62. The second-order valence-corrected chi connectivity index (χ2v) is 6.56. The third-order valence-corrected chi connectivity index (χ3v) is 4.38. The first kappa shape index (κ1) is 25.4. The van der Waals surface area contributed by atoms with Gasteiger partial charge in [0.15, 0.2) is 5.96 Å². The molecule has 0 atom stereocenters. The molecule has 154 valence electrons. The predicted molar refractivity (Wildman–Crippen MR) is 119 cm³/mol. The maximum Gasteiger partial charge on any atom is 0.305 e. The molecule has 0 aromatic carbocycles. The molecule has 1 aliphatic rings. The summed E-state index contributed by atoms with van der Waals surface area (Å²) in [7, 11) is 0. The SMILES string of the molecule is CCNC(=NCCCCCCC(=O)OCC)NCCN1CCCCC1.I. The standard InChI is InChI=1S/C19H38N4O2.HI/c1-3-20-19(22-14-17-23-15-10-7-11-16-23)21-13-9-6-5-8-12-18(24)25-4-2;/h3-17H2,1-2H3,(H2,20,21,22);1H. The van der Waals surface area contributed by atoms with E-state index in [-0.39, 0.29) is 29.9 Å². The number of rotatable bonds is 12. The lowest BCUT2D eigenvalue weighted by molar-refractivity contribution is -0.143. The van der Waals surface area contributed by atoms with Gasteiger partial charge in [0.2, 0.25) is 0 Å². The number of hydrogen-bond donors (Lipinski definition) is 2. The van der Waals surface area contributed by atoms with Crippen molar-refractivity contribution in [2.75, 3.05) is 45.9 Å². The lowest BCUT2D eigenvalue weighted by Gasteiger charge is -2.26. The van der Waals surface area contributed by atoms with Crippen LogP contribution < -0.4 is 10.6 Å². The molecule has 1 rings (SSSR count). The Kier molecular flexibility index (Phi) is 17.4. The zero-order valence-electron chi connectivity index (χ0n) is 16.7. The number of likely N-dealkylation sites (tertiary alicyclic amines) is 1. The second kappa shape index (κ2) is 17.8. The van der Waals surface area contributed by atoms with Crippen molar-refractivity contribution in [3.63, 3.8) is 0 Å².